The van der Waals surface area contributed by atoms with E-state index in [-0.39, 0.29) is 5.56 Å². The molecule has 3 N–H and O–H groups in total. The lowest BCUT2D eigenvalue weighted by atomic mass is 10.1. The Kier molecular flexibility index (Phi) is 4.06. The first-order valence-electron chi connectivity index (χ1n) is 5.60. The minimum atomic E-state index is -0.590. The molecular weight excluding hydrogens is 263 g/mol. The zero-order valence-electron chi connectivity index (χ0n) is 10.3. The summed E-state index contributed by atoms with van der Waals surface area (Å²) in [7, 11) is 0. The van der Waals surface area contributed by atoms with E-state index in [0.29, 0.717) is 11.4 Å². The number of carbonyl (C=O) groups is 1. The molecule has 0 bridgehead atoms. The Balaban J connectivity index is 2.23. The minimum absolute atomic E-state index is 0.0606. The van der Waals surface area contributed by atoms with Gasteiger partial charge in [0.15, 0.2) is 0 Å². The molecule has 0 aromatic heterocycles. The van der Waals surface area contributed by atoms with Crippen LogP contribution in [0.15, 0.2) is 47.4 Å². The maximum Gasteiger partial charge on any atom is 0.258 e. The molecule has 2 aromatic rings. The Morgan fingerprint density at radius 2 is 2.05 bits per heavy atom. The molecule has 0 spiro atoms. The van der Waals surface area contributed by atoms with Gasteiger partial charge in [-0.2, -0.15) is 0 Å². The fourth-order valence-corrected chi connectivity index (χ4v) is 2.08. The maximum atomic E-state index is 13.5. The zero-order chi connectivity index (χ0) is 13.8. The van der Waals surface area contributed by atoms with Gasteiger partial charge in [0.1, 0.15) is 5.82 Å². The molecule has 19 heavy (non-hydrogen) atoms. The standard InChI is InChI=1S/C14H13FN2OS/c1-19-11-4-2-3-10(8-11)17-14(18)12-7-9(16)5-6-13(12)15/h2-8H,16H2,1H3,(H,17,18). The number of nitrogens with one attached hydrogen (secondary N) is 1. The number of thioether (sulfide) groups is 1. The van der Waals surface area contributed by atoms with Crippen molar-refractivity contribution >= 4 is 29.0 Å². The highest BCUT2D eigenvalue weighted by Crippen LogP contribution is 2.20. The number of benzene rings is 2. The number of amides is 1. The van der Waals surface area contributed by atoms with E-state index in [2.05, 4.69) is 5.32 Å². The van der Waals surface area contributed by atoms with E-state index < -0.39 is 11.7 Å². The summed E-state index contributed by atoms with van der Waals surface area (Å²) in [5.74, 6) is -1.10. The van der Waals surface area contributed by atoms with Crippen LogP contribution in [0.3, 0.4) is 0 Å². The molecule has 0 heterocycles. The Bertz CT molecular complexity index is 616. The Hall–Kier alpha value is -2.01. The lowest BCUT2D eigenvalue weighted by molar-refractivity contribution is 0.102. The first kappa shape index (κ1) is 13.4. The van der Waals surface area contributed by atoms with Gasteiger partial charge in [0.05, 0.1) is 5.56 Å². The van der Waals surface area contributed by atoms with Crippen molar-refractivity contribution in [3.63, 3.8) is 0 Å². The summed E-state index contributed by atoms with van der Waals surface area (Å²) in [6.45, 7) is 0. The molecular formula is C14H13FN2OS. The smallest absolute Gasteiger partial charge is 0.258 e. The molecule has 2 aromatic carbocycles. The Labute approximate surface area is 115 Å². The third kappa shape index (κ3) is 3.26. The molecule has 0 aliphatic carbocycles. The average molecular weight is 276 g/mol. The number of carbonyl (C=O) groups excluding carboxylic acids is 1. The van der Waals surface area contributed by atoms with Gasteiger partial charge in [-0.1, -0.05) is 6.07 Å². The third-order valence-corrected chi connectivity index (χ3v) is 3.29. The zero-order valence-corrected chi connectivity index (χ0v) is 11.1. The molecule has 5 heteroatoms. The highest BCUT2D eigenvalue weighted by atomic mass is 32.2. The van der Waals surface area contributed by atoms with Gasteiger partial charge in [-0.3, -0.25) is 4.79 Å². The first-order chi connectivity index (χ1) is 9.10. The molecule has 0 aliphatic rings. The summed E-state index contributed by atoms with van der Waals surface area (Å²) in [5, 5.41) is 2.65. The van der Waals surface area contributed by atoms with E-state index in [1.807, 2.05) is 24.5 Å². The maximum absolute atomic E-state index is 13.5. The monoisotopic (exact) mass is 276 g/mol. The Morgan fingerprint density at radius 3 is 2.79 bits per heavy atom. The van der Waals surface area contributed by atoms with Crippen molar-refractivity contribution in [1.82, 2.24) is 0 Å². The Morgan fingerprint density at radius 1 is 1.26 bits per heavy atom. The molecule has 0 unspecified atom stereocenters. The quantitative estimate of drug-likeness (QED) is 0.667. The molecule has 0 saturated carbocycles. The number of anilines is 2. The SMILES string of the molecule is CSc1cccc(NC(=O)c2cc(N)ccc2F)c1. The van der Waals surface area contributed by atoms with Gasteiger partial charge in [-0.05, 0) is 42.7 Å². The van der Waals surface area contributed by atoms with Crippen LogP contribution in [0.1, 0.15) is 10.4 Å². The normalized spacial score (nSPS) is 10.2. The average Bonchev–Trinajstić information content (AvgIpc) is 2.41. The minimum Gasteiger partial charge on any atom is -0.399 e. The molecule has 0 fully saturated rings. The van der Waals surface area contributed by atoms with Crippen molar-refractivity contribution in [3.8, 4) is 0 Å². The molecule has 0 atom stereocenters. The number of nitrogens with two attached hydrogens (primary N) is 1. The van der Waals surface area contributed by atoms with Gasteiger partial charge in [0, 0.05) is 16.3 Å². The lowest BCUT2D eigenvalue weighted by Gasteiger charge is -2.08. The van der Waals surface area contributed by atoms with Crippen molar-refractivity contribution in [2.24, 2.45) is 0 Å². The van der Waals surface area contributed by atoms with E-state index in [0.717, 1.165) is 4.90 Å². The lowest BCUT2D eigenvalue weighted by Crippen LogP contribution is -2.14. The van der Waals surface area contributed by atoms with Gasteiger partial charge < -0.3 is 11.1 Å². The predicted octanol–water partition coefficient (Wildman–Crippen LogP) is 3.38. The van der Waals surface area contributed by atoms with Crippen molar-refractivity contribution in [2.75, 3.05) is 17.3 Å². The molecule has 98 valence electrons. The van der Waals surface area contributed by atoms with E-state index in [1.165, 1.54) is 18.2 Å². The van der Waals surface area contributed by atoms with Crippen LogP contribution in [0.5, 0.6) is 0 Å². The largest absolute Gasteiger partial charge is 0.399 e. The van der Waals surface area contributed by atoms with Crippen LogP contribution in [0.4, 0.5) is 15.8 Å². The second-order valence-electron chi connectivity index (χ2n) is 3.93. The fraction of sp³-hybridized carbons (Fsp3) is 0.0714. The number of hydrogen-bond donors (Lipinski definition) is 2. The van der Waals surface area contributed by atoms with Crippen LogP contribution in [-0.4, -0.2) is 12.2 Å². The predicted molar refractivity (Wildman–Crippen MR) is 77.0 cm³/mol. The second-order valence-corrected chi connectivity index (χ2v) is 4.81. The number of halogens is 1. The highest BCUT2D eigenvalue weighted by molar-refractivity contribution is 7.98. The van der Waals surface area contributed by atoms with E-state index in [1.54, 1.807) is 17.8 Å². The van der Waals surface area contributed by atoms with Gasteiger partial charge in [0.2, 0.25) is 0 Å². The molecule has 0 aliphatic heterocycles. The van der Waals surface area contributed by atoms with E-state index in [9.17, 15) is 9.18 Å². The summed E-state index contributed by atoms with van der Waals surface area (Å²) in [6, 6.07) is 11.3. The fourth-order valence-electron chi connectivity index (χ4n) is 1.62. The summed E-state index contributed by atoms with van der Waals surface area (Å²) in [5.41, 5.74) is 6.47. The summed E-state index contributed by atoms with van der Waals surface area (Å²) < 4.78 is 13.5. The van der Waals surface area contributed by atoms with Crippen LogP contribution in [-0.2, 0) is 0 Å². The first-order valence-corrected chi connectivity index (χ1v) is 6.83. The van der Waals surface area contributed by atoms with E-state index >= 15 is 0 Å². The molecule has 0 saturated heterocycles. The van der Waals surface area contributed by atoms with E-state index in [4.69, 9.17) is 5.73 Å². The van der Waals surface area contributed by atoms with Gasteiger partial charge in [-0.25, -0.2) is 4.39 Å². The van der Waals surface area contributed by atoms with Crippen molar-refractivity contribution < 1.29 is 9.18 Å². The second kappa shape index (κ2) is 5.75. The molecule has 1 amide bonds. The number of nitrogen functional groups attached to an aromatic ring is 1. The molecule has 2 rings (SSSR count). The molecule has 3 nitrogen and oxygen atoms in total. The van der Waals surface area contributed by atoms with Crippen LogP contribution in [0.2, 0.25) is 0 Å². The van der Waals surface area contributed by atoms with Crippen LogP contribution in [0, 0.1) is 5.82 Å². The summed E-state index contributed by atoms with van der Waals surface area (Å²) in [6.07, 6.45) is 1.94. The topological polar surface area (TPSA) is 55.1 Å². The van der Waals surface area contributed by atoms with Crippen molar-refractivity contribution in [1.29, 1.82) is 0 Å². The highest BCUT2D eigenvalue weighted by Gasteiger charge is 2.12. The van der Waals surface area contributed by atoms with Gasteiger partial charge >= 0.3 is 0 Å². The van der Waals surface area contributed by atoms with Crippen LogP contribution < -0.4 is 11.1 Å². The summed E-state index contributed by atoms with van der Waals surface area (Å²) in [4.78, 5) is 13.0. The van der Waals surface area contributed by atoms with Gasteiger partial charge in [0.25, 0.3) is 5.91 Å². The number of hydrogen-bond acceptors (Lipinski definition) is 3. The summed E-state index contributed by atoms with van der Waals surface area (Å²) >= 11 is 1.57. The number of rotatable bonds is 3. The van der Waals surface area contributed by atoms with Crippen molar-refractivity contribution in [3.05, 3.63) is 53.8 Å². The van der Waals surface area contributed by atoms with Crippen LogP contribution >= 0.6 is 11.8 Å². The van der Waals surface area contributed by atoms with Crippen molar-refractivity contribution in [2.45, 2.75) is 4.90 Å². The van der Waals surface area contributed by atoms with Crippen LogP contribution in [0.25, 0.3) is 0 Å². The van der Waals surface area contributed by atoms with Gasteiger partial charge in [-0.15, -0.1) is 11.8 Å². The molecule has 0 radical (unpaired) electrons. The third-order valence-electron chi connectivity index (χ3n) is 2.56.